The van der Waals surface area contributed by atoms with E-state index < -0.39 is 5.60 Å². The number of imidazole rings is 1. The lowest BCUT2D eigenvalue weighted by Crippen LogP contribution is -2.26. The SMILES string of the molecule is CCC(O)(c1ccccc1)c1ccc2nc(N)n(C(C)C)c2c1. The first-order chi connectivity index (χ1) is 11.0. The first kappa shape index (κ1) is 15.6. The van der Waals surface area contributed by atoms with Gasteiger partial charge in [-0.05, 0) is 43.5 Å². The Hall–Kier alpha value is -2.33. The molecule has 2 aromatic carbocycles. The van der Waals surface area contributed by atoms with Crippen LogP contribution in [-0.4, -0.2) is 14.7 Å². The van der Waals surface area contributed by atoms with Crippen molar-refractivity contribution in [3.63, 3.8) is 0 Å². The van der Waals surface area contributed by atoms with Crippen molar-refractivity contribution in [3.8, 4) is 0 Å². The number of aromatic nitrogens is 2. The average molecular weight is 309 g/mol. The number of hydrogen-bond donors (Lipinski definition) is 2. The maximum atomic E-state index is 11.3. The van der Waals surface area contributed by atoms with Gasteiger partial charge in [-0.15, -0.1) is 0 Å². The molecule has 3 rings (SSSR count). The van der Waals surface area contributed by atoms with Crippen LogP contribution < -0.4 is 5.73 Å². The molecule has 0 amide bonds. The van der Waals surface area contributed by atoms with E-state index in [1.807, 2.05) is 60.0 Å². The van der Waals surface area contributed by atoms with Crippen molar-refractivity contribution < 1.29 is 5.11 Å². The highest BCUT2D eigenvalue weighted by Gasteiger charge is 2.30. The molecule has 0 fully saturated rings. The molecule has 4 nitrogen and oxygen atoms in total. The zero-order valence-electron chi connectivity index (χ0n) is 13.8. The lowest BCUT2D eigenvalue weighted by atomic mass is 9.84. The third kappa shape index (κ3) is 2.49. The van der Waals surface area contributed by atoms with E-state index in [9.17, 15) is 5.11 Å². The number of nitrogens with two attached hydrogens (primary N) is 1. The summed E-state index contributed by atoms with van der Waals surface area (Å²) in [5, 5.41) is 11.3. The molecule has 120 valence electrons. The molecule has 0 saturated carbocycles. The van der Waals surface area contributed by atoms with Gasteiger partial charge in [-0.3, -0.25) is 0 Å². The minimum absolute atomic E-state index is 0.210. The highest BCUT2D eigenvalue weighted by atomic mass is 16.3. The van der Waals surface area contributed by atoms with Gasteiger partial charge in [0.2, 0.25) is 5.95 Å². The van der Waals surface area contributed by atoms with Crippen molar-refractivity contribution in [2.24, 2.45) is 0 Å². The smallest absolute Gasteiger partial charge is 0.201 e. The van der Waals surface area contributed by atoms with Crippen LogP contribution in [0.2, 0.25) is 0 Å². The quantitative estimate of drug-likeness (QED) is 0.769. The van der Waals surface area contributed by atoms with Crippen molar-refractivity contribution in [3.05, 3.63) is 59.7 Å². The molecule has 1 unspecified atom stereocenters. The van der Waals surface area contributed by atoms with Crippen LogP contribution >= 0.6 is 0 Å². The molecule has 1 atom stereocenters. The molecule has 0 aliphatic heterocycles. The highest BCUT2D eigenvalue weighted by Crippen LogP contribution is 2.35. The van der Waals surface area contributed by atoms with Gasteiger partial charge in [0, 0.05) is 6.04 Å². The second-order valence-corrected chi connectivity index (χ2v) is 6.22. The number of fused-ring (bicyclic) bond motifs is 1. The Morgan fingerprint density at radius 1 is 1.13 bits per heavy atom. The number of aliphatic hydroxyl groups is 1. The number of anilines is 1. The van der Waals surface area contributed by atoms with Gasteiger partial charge in [0.1, 0.15) is 5.60 Å². The average Bonchev–Trinajstić information content (AvgIpc) is 2.89. The Morgan fingerprint density at radius 3 is 2.43 bits per heavy atom. The van der Waals surface area contributed by atoms with Gasteiger partial charge < -0.3 is 15.4 Å². The Morgan fingerprint density at radius 2 is 1.83 bits per heavy atom. The van der Waals surface area contributed by atoms with E-state index in [1.54, 1.807) is 0 Å². The standard InChI is InChI=1S/C19H23N3O/c1-4-19(23,14-8-6-5-7-9-14)15-10-11-16-17(12-15)22(13(2)3)18(20)21-16/h5-13,23H,4H2,1-3H3,(H2,20,21). The van der Waals surface area contributed by atoms with Crippen molar-refractivity contribution >= 4 is 17.0 Å². The van der Waals surface area contributed by atoms with Gasteiger partial charge in [0.15, 0.2) is 0 Å². The lowest BCUT2D eigenvalue weighted by molar-refractivity contribution is 0.0766. The van der Waals surface area contributed by atoms with Crippen LogP contribution in [0.5, 0.6) is 0 Å². The van der Waals surface area contributed by atoms with E-state index in [1.165, 1.54) is 0 Å². The third-order valence-corrected chi connectivity index (χ3v) is 4.47. The molecule has 1 heterocycles. The number of nitrogens with zero attached hydrogens (tertiary/aromatic N) is 2. The number of nitrogen functional groups attached to an aromatic ring is 1. The minimum atomic E-state index is -1.02. The second-order valence-electron chi connectivity index (χ2n) is 6.22. The molecule has 0 spiro atoms. The minimum Gasteiger partial charge on any atom is -0.380 e. The fourth-order valence-electron chi connectivity index (χ4n) is 3.20. The number of hydrogen-bond acceptors (Lipinski definition) is 3. The van der Waals surface area contributed by atoms with Crippen LogP contribution in [0.25, 0.3) is 11.0 Å². The zero-order chi connectivity index (χ0) is 16.6. The van der Waals surface area contributed by atoms with Gasteiger partial charge >= 0.3 is 0 Å². The monoisotopic (exact) mass is 309 g/mol. The van der Waals surface area contributed by atoms with Gasteiger partial charge in [-0.1, -0.05) is 43.3 Å². The van der Waals surface area contributed by atoms with Crippen molar-refractivity contribution in [2.75, 3.05) is 5.73 Å². The molecule has 23 heavy (non-hydrogen) atoms. The highest BCUT2D eigenvalue weighted by molar-refractivity contribution is 5.79. The van der Waals surface area contributed by atoms with E-state index >= 15 is 0 Å². The summed E-state index contributed by atoms with van der Waals surface area (Å²) in [5.41, 5.74) is 8.59. The number of benzene rings is 2. The van der Waals surface area contributed by atoms with Crippen LogP contribution in [0.1, 0.15) is 44.4 Å². The molecule has 0 radical (unpaired) electrons. The molecule has 0 bridgehead atoms. The topological polar surface area (TPSA) is 64.1 Å². The summed E-state index contributed by atoms with van der Waals surface area (Å²) >= 11 is 0. The Kier molecular flexibility index (Phi) is 3.86. The van der Waals surface area contributed by atoms with Crippen molar-refractivity contribution in [1.29, 1.82) is 0 Å². The van der Waals surface area contributed by atoms with E-state index in [2.05, 4.69) is 18.8 Å². The second kappa shape index (κ2) is 5.70. The van der Waals surface area contributed by atoms with Crippen molar-refractivity contribution in [1.82, 2.24) is 9.55 Å². The van der Waals surface area contributed by atoms with Crippen LogP contribution in [0, 0.1) is 0 Å². The molecular weight excluding hydrogens is 286 g/mol. The molecule has 0 saturated heterocycles. The molecule has 0 aliphatic rings. The molecule has 1 aromatic heterocycles. The number of rotatable bonds is 4. The molecule has 4 heteroatoms. The van der Waals surface area contributed by atoms with Crippen LogP contribution in [0.15, 0.2) is 48.5 Å². The zero-order valence-corrected chi connectivity index (χ0v) is 13.8. The Bertz CT molecular complexity index is 823. The summed E-state index contributed by atoms with van der Waals surface area (Å²) in [5.74, 6) is 0.506. The van der Waals surface area contributed by atoms with Gasteiger partial charge in [-0.2, -0.15) is 0 Å². The van der Waals surface area contributed by atoms with Crippen molar-refractivity contribution in [2.45, 2.75) is 38.8 Å². The molecule has 3 N–H and O–H groups in total. The van der Waals surface area contributed by atoms with E-state index in [4.69, 9.17) is 5.73 Å². The maximum Gasteiger partial charge on any atom is 0.201 e. The fourth-order valence-corrected chi connectivity index (χ4v) is 3.20. The summed E-state index contributed by atoms with van der Waals surface area (Å²) in [4.78, 5) is 4.42. The summed E-state index contributed by atoms with van der Waals surface area (Å²) in [6.07, 6.45) is 0.591. The Balaban J connectivity index is 2.21. The molecule has 3 aromatic rings. The van der Waals surface area contributed by atoms with Crippen LogP contribution in [0.4, 0.5) is 5.95 Å². The van der Waals surface area contributed by atoms with E-state index in [-0.39, 0.29) is 6.04 Å². The normalized spacial score (nSPS) is 14.3. The van der Waals surface area contributed by atoms with Crippen LogP contribution in [0.3, 0.4) is 0 Å². The predicted octanol–water partition coefficient (Wildman–Crippen LogP) is 3.85. The van der Waals surface area contributed by atoms with Gasteiger partial charge in [0.25, 0.3) is 0 Å². The predicted molar refractivity (Wildman–Crippen MR) is 94.3 cm³/mol. The van der Waals surface area contributed by atoms with E-state index in [0.717, 1.165) is 22.2 Å². The van der Waals surface area contributed by atoms with Crippen LogP contribution in [-0.2, 0) is 5.60 Å². The fraction of sp³-hybridized carbons (Fsp3) is 0.316. The maximum absolute atomic E-state index is 11.3. The Labute approximate surface area is 136 Å². The summed E-state index contributed by atoms with van der Waals surface area (Å²) in [7, 11) is 0. The van der Waals surface area contributed by atoms with E-state index in [0.29, 0.717) is 12.4 Å². The summed E-state index contributed by atoms with van der Waals surface area (Å²) in [6, 6.07) is 15.9. The first-order valence-corrected chi connectivity index (χ1v) is 8.03. The first-order valence-electron chi connectivity index (χ1n) is 8.03. The van der Waals surface area contributed by atoms with Gasteiger partial charge in [-0.25, -0.2) is 4.98 Å². The lowest BCUT2D eigenvalue weighted by Gasteiger charge is -2.28. The third-order valence-electron chi connectivity index (χ3n) is 4.47. The largest absolute Gasteiger partial charge is 0.380 e. The molecular formula is C19H23N3O. The summed E-state index contributed by atoms with van der Waals surface area (Å²) in [6.45, 7) is 6.14. The molecule has 0 aliphatic carbocycles. The van der Waals surface area contributed by atoms with Gasteiger partial charge in [0.05, 0.1) is 11.0 Å². The summed E-state index contributed by atoms with van der Waals surface area (Å²) < 4.78 is 2.00.